The van der Waals surface area contributed by atoms with Gasteiger partial charge in [0, 0.05) is 8.41 Å². The van der Waals surface area contributed by atoms with Gasteiger partial charge in [0.05, 0.1) is 0 Å². The zero-order valence-electron chi connectivity index (χ0n) is 8.44. The molecule has 0 rings (SSSR count). The SMILES string of the molecule is CCC.C[CH-]C.[B].[CH3-].[CH3-].[Y+3]. The molecule has 0 aromatic rings. The van der Waals surface area contributed by atoms with Crippen LogP contribution >= 0.6 is 0 Å². The summed E-state index contributed by atoms with van der Waals surface area (Å²) in [5, 5.41) is 0. The zero-order chi connectivity index (χ0) is 5.41. The van der Waals surface area contributed by atoms with Gasteiger partial charge in [-0.2, -0.15) is 13.8 Å². The summed E-state index contributed by atoms with van der Waals surface area (Å²) in [5.74, 6) is 0. The first-order valence-electron chi connectivity index (χ1n) is 2.57. The molecule has 0 aromatic heterocycles. The van der Waals surface area contributed by atoms with Gasteiger partial charge in [-0.25, -0.2) is 0 Å². The van der Waals surface area contributed by atoms with Crippen LogP contribution in [-0.2, 0) is 32.7 Å². The molecule has 2 heteroatoms. The van der Waals surface area contributed by atoms with Crippen LogP contribution in [0.15, 0.2) is 0 Å². The molecule has 0 aliphatic rings. The molecule has 0 aliphatic heterocycles. The second-order valence-corrected chi connectivity index (χ2v) is 1.28. The van der Waals surface area contributed by atoms with E-state index in [0.717, 1.165) is 0 Å². The molecular weight excluding hydrogens is 196 g/mol. The maximum Gasteiger partial charge on any atom is 3.00 e. The molecule has 3 radical (unpaired) electrons. The Morgan fingerprint density at radius 1 is 1.00 bits per heavy atom. The van der Waals surface area contributed by atoms with Crippen molar-refractivity contribution >= 4 is 8.41 Å². The van der Waals surface area contributed by atoms with Gasteiger partial charge >= 0.3 is 32.7 Å². The van der Waals surface area contributed by atoms with Crippen molar-refractivity contribution in [2.24, 2.45) is 0 Å². The Labute approximate surface area is 96.0 Å². The summed E-state index contributed by atoms with van der Waals surface area (Å²) < 4.78 is 0. The van der Waals surface area contributed by atoms with Crippen LogP contribution in [0.2, 0.25) is 0 Å². The number of rotatable bonds is 0. The van der Waals surface area contributed by atoms with E-state index in [4.69, 9.17) is 0 Å². The number of hydrogen-bond donors (Lipinski definition) is 0. The van der Waals surface area contributed by atoms with E-state index < -0.39 is 0 Å². The molecular formula is C8H21BY. The Morgan fingerprint density at radius 2 is 1.00 bits per heavy atom. The van der Waals surface area contributed by atoms with E-state index in [-0.39, 0.29) is 56.0 Å². The Morgan fingerprint density at radius 3 is 1.00 bits per heavy atom. The Hall–Kier alpha value is 1.17. The molecule has 10 heavy (non-hydrogen) atoms. The molecule has 0 fully saturated rings. The van der Waals surface area contributed by atoms with Gasteiger partial charge in [0.2, 0.25) is 0 Å². The fourth-order valence-corrected chi connectivity index (χ4v) is 0. The first-order chi connectivity index (χ1) is 2.83. The topological polar surface area (TPSA) is 0 Å². The fraction of sp³-hybridized carbons (Fsp3) is 0.625. The van der Waals surface area contributed by atoms with Crippen molar-refractivity contribution in [3.8, 4) is 0 Å². The summed E-state index contributed by atoms with van der Waals surface area (Å²) in [4.78, 5) is 0. The van der Waals surface area contributed by atoms with Crippen LogP contribution in [0.4, 0.5) is 0 Å². The molecule has 0 saturated carbocycles. The first kappa shape index (κ1) is 43.2. The molecule has 0 N–H and O–H groups in total. The van der Waals surface area contributed by atoms with E-state index in [9.17, 15) is 0 Å². The van der Waals surface area contributed by atoms with Gasteiger partial charge in [0.1, 0.15) is 0 Å². The first-order valence-corrected chi connectivity index (χ1v) is 2.57. The average Bonchev–Trinajstić information content (AvgIpc) is 1.39. The third-order valence-corrected chi connectivity index (χ3v) is 0. The quantitative estimate of drug-likeness (QED) is 0.431. The van der Waals surface area contributed by atoms with Gasteiger partial charge < -0.3 is 21.3 Å². The van der Waals surface area contributed by atoms with Gasteiger partial charge in [-0.05, 0) is 0 Å². The smallest absolute Gasteiger partial charge is 0.358 e. The zero-order valence-corrected chi connectivity index (χ0v) is 11.3. The van der Waals surface area contributed by atoms with Crippen molar-refractivity contribution in [3.63, 3.8) is 0 Å². The summed E-state index contributed by atoms with van der Waals surface area (Å²) in [7, 11) is 0. The van der Waals surface area contributed by atoms with Crippen molar-refractivity contribution in [1.29, 1.82) is 0 Å². The van der Waals surface area contributed by atoms with Gasteiger partial charge in [0.15, 0.2) is 0 Å². The van der Waals surface area contributed by atoms with Crippen molar-refractivity contribution in [1.82, 2.24) is 0 Å². The summed E-state index contributed by atoms with van der Waals surface area (Å²) >= 11 is 0. The molecule has 0 unspecified atom stereocenters. The Balaban J connectivity index is -0.00000000571. The van der Waals surface area contributed by atoms with Crippen LogP contribution in [0, 0.1) is 21.3 Å². The van der Waals surface area contributed by atoms with E-state index in [1.807, 2.05) is 20.3 Å². The third-order valence-electron chi connectivity index (χ3n) is 0. The van der Waals surface area contributed by atoms with E-state index in [1.165, 1.54) is 6.42 Å². The Kier molecular flexibility index (Phi) is 368. The minimum Gasteiger partial charge on any atom is -0.358 e. The predicted molar refractivity (Wildman–Crippen MR) is 50.2 cm³/mol. The molecule has 59 valence electrons. The summed E-state index contributed by atoms with van der Waals surface area (Å²) in [6.07, 6.45) is 3.25. The molecule has 0 bridgehead atoms. The second-order valence-electron chi connectivity index (χ2n) is 1.28. The van der Waals surface area contributed by atoms with E-state index in [1.54, 1.807) is 0 Å². The minimum atomic E-state index is 0. The van der Waals surface area contributed by atoms with Crippen LogP contribution in [0.5, 0.6) is 0 Å². The van der Waals surface area contributed by atoms with E-state index >= 15 is 0 Å². The minimum absolute atomic E-state index is 0. The molecule has 0 atom stereocenters. The summed E-state index contributed by atoms with van der Waals surface area (Å²) in [6, 6.07) is 0. The Bertz CT molecular complexity index is 11.2. The van der Waals surface area contributed by atoms with Gasteiger partial charge in [-0.3, -0.25) is 0 Å². The second kappa shape index (κ2) is 85.1. The monoisotopic (exact) mass is 217 g/mol. The maximum absolute atomic E-state index is 2.12. The van der Waals surface area contributed by atoms with Gasteiger partial charge in [-0.15, -0.1) is 0 Å². The van der Waals surface area contributed by atoms with Crippen LogP contribution < -0.4 is 0 Å². The number of hydrogen-bond acceptors (Lipinski definition) is 0. The van der Waals surface area contributed by atoms with E-state index in [2.05, 4.69) is 13.8 Å². The molecule has 0 spiro atoms. The van der Waals surface area contributed by atoms with Crippen LogP contribution in [0.1, 0.15) is 34.1 Å². The molecule has 0 nitrogen and oxygen atoms in total. The normalized spacial score (nSPS) is 3.60. The van der Waals surface area contributed by atoms with Crippen LogP contribution in [0.3, 0.4) is 0 Å². The molecule has 0 saturated heterocycles. The maximum atomic E-state index is 2.12. The summed E-state index contributed by atoms with van der Waals surface area (Å²) in [5.41, 5.74) is 0. The van der Waals surface area contributed by atoms with Crippen molar-refractivity contribution in [2.45, 2.75) is 34.1 Å². The average molecular weight is 217 g/mol. The van der Waals surface area contributed by atoms with Gasteiger partial charge in [0.25, 0.3) is 0 Å². The van der Waals surface area contributed by atoms with Crippen LogP contribution in [-0.4, -0.2) is 8.41 Å². The fourth-order valence-electron chi connectivity index (χ4n) is 0. The molecule has 0 heterocycles. The predicted octanol–water partition coefficient (Wildman–Crippen LogP) is 3.16. The van der Waals surface area contributed by atoms with Crippen LogP contribution in [0.25, 0.3) is 0 Å². The molecule has 0 aliphatic carbocycles. The van der Waals surface area contributed by atoms with Crippen molar-refractivity contribution in [2.75, 3.05) is 0 Å². The van der Waals surface area contributed by atoms with Crippen molar-refractivity contribution < 1.29 is 32.7 Å². The standard InChI is InChI=1S/C3H8.C3H7.2CH3.B.Y/c2*1-3-2;;;;/h3H2,1-2H3;3H,1-2H3;2*1H3;;/q;3*-1;;+3. The summed E-state index contributed by atoms with van der Waals surface area (Å²) in [6.45, 7) is 8.25. The third kappa shape index (κ3) is 448. The van der Waals surface area contributed by atoms with E-state index in [0.29, 0.717) is 0 Å². The largest absolute Gasteiger partial charge is 3.00 e. The molecule has 0 aromatic carbocycles. The molecule has 0 amide bonds. The van der Waals surface area contributed by atoms with Crippen molar-refractivity contribution in [3.05, 3.63) is 21.3 Å². The van der Waals surface area contributed by atoms with Gasteiger partial charge in [-0.1, -0.05) is 20.3 Å².